The van der Waals surface area contributed by atoms with Crippen molar-refractivity contribution in [3.63, 3.8) is 0 Å². The fourth-order valence-electron chi connectivity index (χ4n) is 2.42. The zero-order chi connectivity index (χ0) is 19.2. The lowest BCUT2D eigenvalue weighted by Gasteiger charge is -2.18. The molecule has 0 saturated heterocycles. The molecule has 2 aromatic carbocycles. The van der Waals surface area contributed by atoms with Gasteiger partial charge in [0.05, 0.1) is 10.7 Å². The van der Waals surface area contributed by atoms with Crippen LogP contribution in [-0.4, -0.2) is 31.7 Å². The van der Waals surface area contributed by atoms with Crippen LogP contribution >= 0.6 is 11.6 Å². The van der Waals surface area contributed by atoms with Crippen LogP contribution in [0.25, 0.3) is 6.08 Å². The van der Waals surface area contributed by atoms with E-state index in [1.165, 1.54) is 6.08 Å². The van der Waals surface area contributed by atoms with E-state index in [2.05, 4.69) is 5.32 Å². The van der Waals surface area contributed by atoms with Gasteiger partial charge in [0.2, 0.25) is 0 Å². The standard InChI is InChI=1S/C20H18ClNO5/c1-13-2-5-16(15(21)10-13)22-19(23)12-27-20(24)7-4-14-3-6-17-18(11-14)26-9-8-25-17/h2-7,10-11H,8-9,12H2,1H3,(H,22,23)/b7-4+. The molecule has 1 heterocycles. The fraction of sp³-hybridized carbons (Fsp3) is 0.200. The third-order valence-corrected chi connectivity index (χ3v) is 4.04. The molecule has 27 heavy (non-hydrogen) atoms. The van der Waals surface area contributed by atoms with Gasteiger partial charge >= 0.3 is 5.97 Å². The number of hydrogen-bond acceptors (Lipinski definition) is 5. The van der Waals surface area contributed by atoms with Gasteiger partial charge in [-0.1, -0.05) is 23.7 Å². The predicted octanol–water partition coefficient (Wildman–Crippen LogP) is 3.61. The average Bonchev–Trinajstić information content (AvgIpc) is 2.67. The molecule has 3 rings (SSSR count). The second kappa shape index (κ2) is 8.60. The first-order valence-corrected chi connectivity index (χ1v) is 8.69. The maximum absolute atomic E-state index is 11.9. The van der Waals surface area contributed by atoms with Crippen LogP contribution in [0.4, 0.5) is 5.69 Å². The molecule has 7 heteroatoms. The number of benzene rings is 2. The number of carbonyl (C=O) groups is 2. The van der Waals surface area contributed by atoms with Crippen LogP contribution in [0, 0.1) is 6.92 Å². The Labute approximate surface area is 161 Å². The smallest absolute Gasteiger partial charge is 0.331 e. The van der Waals surface area contributed by atoms with E-state index >= 15 is 0 Å². The minimum atomic E-state index is -0.630. The van der Waals surface area contributed by atoms with Gasteiger partial charge in [0.1, 0.15) is 13.2 Å². The number of nitrogens with one attached hydrogen (secondary N) is 1. The van der Waals surface area contributed by atoms with Gasteiger partial charge in [-0.25, -0.2) is 4.79 Å². The summed E-state index contributed by atoms with van der Waals surface area (Å²) in [6, 6.07) is 10.6. The third kappa shape index (κ3) is 5.24. The molecule has 2 aromatic rings. The van der Waals surface area contributed by atoms with Crippen LogP contribution in [0.3, 0.4) is 0 Å². The lowest BCUT2D eigenvalue weighted by Crippen LogP contribution is -2.20. The van der Waals surface area contributed by atoms with Crippen LogP contribution in [0.1, 0.15) is 11.1 Å². The zero-order valence-corrected chi connectivity index (χ0v) is 15.4. The number of anilines is 1. The number of halogens is 1. The Morgan fingerprint density at radius 2 is 1.93 bits per heavy atom. The fourth-order valence-corrected chi connectivity index (χ4v) is 2.70. The molecule has 1 aliphatic rings. The summed E-state index contributed by atoms with van der Waals surface area (Å²) >= 11 is 6.05. The number of rotatable bonds is 5. The van der Waals surface area contributed by atoms with Crippen molar-refractivity contribution in [1.82, 2.24) is 0 Å². The molecule has 0 fully saturated rings. The zero-order valence-electron chi connectivity index (χ0n) is 14.7. The summed E-state index contributed by atoms with van der Waals surface area (Å²) in [5.74, 6) is 0.204. The SMILES string of the molecule is Cc1ccc(NC(=O)COC(=O)/C=C/c2ccc3c(c2)OCCO3)c(Cl)c1. The number of fused-ring (bicyclic) bond motifs is 1. The Hall–Kier alpha value is -2.99. The van der Waals surface area contributed by atoms with Crippen molar-refractivity contribution < 1.29 is 23.8 Å². The van der Waals surface area contributed by atoms with Crippen LogP contribution in [0.15, 0.2) is 42.5 Å². The van der Waals surface area contributed by atoms with Gasteiger partial charge in [0.15, 0.2) is 18.1 Å². The Morgan fingerprint density at radius 1 is 1.15 bits per heavy atom. The quantitative estimate of drug-likeness (QED) is 0.626. The van der Waals surface area contributed by atoms with Gasteiger partial charge < -0.3 is 19.5 Å². The first-order chi connectivity index (χ1) is 13.0. The molecule has 1 amide bonds. The topological polar surface area (TPSA) is 73.9 Å². The average molecular weight is 388 g/mol. The van der Waals surface area contributed by atoms with Gasteiger partial charge in [0, 0.05) is 6.08 Å². The molecule has 0 aliphatic carbocycles. The molecule has 0 aromatic heterocycles. The first-order valence-electron chi connectivity index (χ1n) is 8.32. The van der Waals surface area contributed by atoms with E-state index < -0.39 is 18.5 Å². The molecular formula is C20H18ClNO5. The molecule has 0 radical (unpaired) electrons. The van der Waals surface area contributed by atoms with E-state index in [-0.39, 0.29) is 0 Å². The van der Waals surface area contributed by atoms with Crippen molar-refractivity contribution in [2.45, 2.75) is 6.92 Å². The number of aryl methyl sites for hydroxylation is 1. The van der Waals surface area contributed by atoms with E-state index in [9.17, 15) is 9.59 Å². The minimum absolute atomic E-state index is 0.408. The van der Waals surface area contributed by atoms with Crippen molar-refractivity contribution >= 4 is 35.2 Å². The van der Waals surface area contributed by atoms with Crippen LogP contribution in [0.2, 0.25) is 5.02 Å². The number of carbonyl (C=O) groups excluding carboxylic acids is 2. The van der Waals surface area contributed by atoms with Gasteiger partial charge in [-0.2, -0.15) is 0 Å². The van der Waals surface area contributed by atoms with Gasteiger partial charge in [0.25, 0.3) is 5.91 Å². The molecular weight excluding hydrogens is 370 g/mol. The molecule has 0 atom stereocenters. The molecule has 1 N–H and O–H groups in total. The molecule has 0 saturated carbocycles. The normalized spacial score (nSPS) is 12.7. The van der Waals surface area contributed by atoms with Crippen molar-refractivity contribution in [3.05, 3.63) is 58.6 Å². The Morgan fingerprint density at radius 3 is 2.70 bits per heavy atom. The maximum atomic E-state index is 11.9. The highest BCUT2D eigenvalue weighted by atomic mass is 35.5. The third-order valence-electron chi connectivity index (χ3n) is 3.72. The molecule has 140 valence electrons. The Balaban J connectivity index is 1.50. The van der Waals surface area contributed by atoms with Crippen LogP contribution in [-0.2, 0) is 14.3 Å². The summed E-state index contributed by atoms with van der Waals surface area (Å²) in [6.45, 7) is 2.49. The largest absolute Gasteiger partial charge is 0.486 e. The van der Waals surface area contributed by atoms with E-state index in [1.54, 1.807) is 36.4 Å². The van der Waals surface area contributed by atoms with Crippen LogP contribution in [0.5, 0.6) is 11.5 Å². The monoisotopic (exact) mass is 387 g/mol. The second-order valence-corrected chi connectivity index (χ2v) is 6.28. The van der Waals surface area contributed by atoms with Crippen molar-refractivity contribution in [1.29, 1.82) is 0 Å². The predicted molar refractivity (Wildman–Crippen MR) is 102 cm³/mol. The summed E-state index contributed by atoms with van der Waals surface area (Å²) in [4.78, 5) is 23.7. The van der Waals surface area contributed by atoms with Crippen molar-refractivity contribution in [2.24, 2.45) is 0 Å². The minimum Gasteiger partial charge on any atom is -0.486 e. The Kier molecular flexibility index (Phi) is 5.98. The van der Waals surface area contributed by atoms with Gasteiger partial charge in [-0.05, 0) is 48.4 Å². The molecule has 0 bridgehead atoms. The highest BCUT2D eigenvalue weighted by molar-refractivity contribution is 6.33. The lowest BCUT2D eigenvalue weighted by molar-refractivity contribution is -0.142. The van der Waals surface area contributed by atoms with Crippen molar-refractivity contribution in [2.75, 3.05) is 25.1 Å². The number of esters is 1. The van der Waals surface area contributed by atoms with Crippen LogP contribution < -0.4 is 14.8 Å². The second-order valence-electron chi connectivity index (χ2n) is 5.88. The lowest BCUT2D eigenvalue weighted by atomic mass is 10.2. The molecule has 0 spiro atoms. The molecule has 1 aliphatic heterocycles. The van der Waals surface area contributed by atoms with Gasteiger partial charge in [-0.3, -0.25) is 4.79 Å². The van der Waals surface area contributed by atoms with Gasteiger partial charge in [-0.15, -0.1) is 0 Å². The summed E-state index contributed by atoms with van der Waals surface area (Å²) in [7, 11) is 0. The summed E-state index contributed by atoms with van der Waals surface area (Å²) in [6.07, 6.45) is 2.83. The van der Waals surface area contributed by atoms with E-state index in [0.29, 0.717) is 35.4 Å². The highest BCUT2D eigenvalue weighted by Gasteiger charge is 2.11. The summed E-state index contributed by atoms with van der Waals surface area (Å²) in [5.41, 5.74) is 2.20. The highest BCUT2D eigenvalue weighted by Crippen LogP contribution is 2.31. The van der Waals surface area contributed by atoms with E-state index in [1.807, 2.05) is 13.0 Å². The first kappa shape index (κ1) is 18.8. The number of hydrogen-bond donors (Lipinski definition) is 1. The molecule has 6 nitrogen and oxygen atoms in total. The molecule has 0 unspecified atom stereocenters. The Bertz CT molecular complexity index is 894. The van der Waals surface area contributed by atoms with E-state index in [0.717, 1.165) is 11.1 Å². The maximum Gasteiger partial charge on any atom is 0.331 e. The van der Waals surface area contributed by atoms with Crippen molar-refractivity contribution in [3.8, 4) is 11.5 Å². The summed E-state index contributed by atoms with van der Waals surface area (Å²) < 4.78 is 15.9. The summed E-state index contributed by atoms with van der Waals surface area (Å²) in [5, 5.41) is 3.02. The number of amides is 1. The number of ether oxygens (including phenoxy) is 3. The van der Waals surface area contributed by atoms with E-state index in [4.69, 9.17) is 25.8 Å².